The molecule has 24 heavy (non-hydrogen) atoms. The van der Waals surface area contributed by atoms with Gasteiger partial charge in [-0.05, 0) is 60.9 Å². The second kappa shape index (κ2) is 6.07. The molecule has 0 aliphatic heterocycles. The Morgan fingerprint density at radius 3 is 2.50 bits per heavy atom. The Hall–Kier alpha value is -2.70. The van der Waals surface area contributed by atoms with Crippen LogP contribution in [-0.2, 0) is 12.6 Å². The van der Waals surface area contributed by atoms with E-state index in [1.165, 1.54) is 0 Å². The van der Waals surface area contributed by atoms with Crippen molar-refractivity contribution in [3.8, 4) is 5.82 Å². The molecule has 0 saturated heterocycles. The van der Waals surface area contributed by atoms with Crippen molar-refractivity contribution >= 4 is 0 Å². The van der Waals surface area contributed by atoms with Crippen LogP contribution in [0.25, 0.3) is 5.82 Å². The van der Waals surface area contributed by atoms with E-state index in [1.807, 2.05) is 13.0 Å². The highest BCUT2D eigenvalue weighted by Crippen LogP contribution is 2.31. The zero-order valence-corrected chi connectivity index (χ0v) is 12.7. The molecule has 3 nitrogen and oxygen atoms in total. The predicted molar refractivity (Wildman–Crippen MR) is 80.3 cm³/mol. The quantitative estimate of drug-likeness (QED) is 0.667. The summed E-state index contributed by atoms with van der Waals surface area (Å²) in [7, 11) is 0. The third-order valence-corrected chi connectivity index (χ3v) is 3.46. The molecule has 2 heterocycles. The van der Waals surface area contributed by atoms with Crippen molar-refractivity contribution in [1.82, 2.24) is 14.8 Å². The molecule has 7 heteroatoms. The Kier molecular flexibility index (Phi) is 4.09. The molecule has 0 unspecified atom stereocenters. The van der Waals surface area contributed by atoms with Crippen LogP contribution >= 0.6 is 0 Å². The highest BCUT2D eigenvalue weighted by Gasteiger charge is 2.31. The summed E-state index contributed by atoms with van der Waals surface area (Å²) in [5.41, 5.74) is 0.791. The van der Waals surface area contributed by atoms with E-state index < -0.39 is 17.6 Å². The van der Waals surface area contributed by atoms with Gasteiger partial charge in [0.05, 0.1) is 11.3 Å². The maximum absolute atomic E-state index is 13.5. The van der Waals surface area contributed by atoms with Gasteiger partial charge in [0.1, 0.15) is 5.82 Å². The molecule has 0 aliphatic carbocycles. The highest BCUT2D eigenvalue weighted by atomic mass is 19.4. The van der Waals surface area contributed by atoms with Crippen molar-refractivity contribution in [3.05, 3.63) is 77.0 Å². The van der Waals surface area contributed by atoms with Gasteiger partial charge >= 0.3 is 6.18 Å². The van der Waals surface area contributed by atoms with Crippen LogP contribution in [0.4, 0.5) is 17.6 Å². The topological polar surface area (TPSA) is 30.7 Å². The zero-order chi connectivity index (χ0) is 17.3. The largest absolute Gasteiger partial charge is 0.416 e. The fraction of sp³-hybridized carbons (Fsp3) is 0.176. The summed E-state index contributed by atoms with van der Waals surface area (Å²) in [5.74, 6) is -0.357. The molecular formula is C17H13F4N3. The van der Waals surface area contributed by atoms with Gasteiger partial charge in [0, 0.05) is 12.4 Å². The number of alkyl halides is 3. The number of hydrogen-bond acceptors (Lipinski definition) is 2. The SMILES string of the molecule is Cc1ccn(-c2cc(Cc3cc(F)cc(C(F)(F)F)c3)ccn2)n1. The Morgan fingerprint density at radius 1 is 1.04 bits per heavy atom. The van der Waals surface area contributed by atoms with Gasteiger partial charge < -0.3 is 0 Å². The van der Waals surface area contributed by atoms with Crippen LogP contribution in [0.2, 0.25) is 0 Å². The summed E-state index contributed by atoms with van der Waals surface area (Å²) in [5, 5.41) is 4.24. The maximum atomic E-state index is 13.5. The van der Waals surface area contributed by atoms with Crippen LogP contribution in [0.3, 0.4) is 0 Å². The molecule has 0 amide bonds. The van der Waals surface area contributed by atoms with Gasteiger partial charge in [0.25, 0.3) is 0 Å². The molecule has 0 radical (unpaired) electrons. The lowest BCUT2D eigenvalue weighted by Crippen LogP contribution is -2.07. The first-order chi connectivity index (χ1) is 11.3. The highest BCUT2D eigenvalue weighted by molar-refractivity contribution is 5.34. The normalized spacial score (nSPS) is 11.7. The van der Waals surface area contributed by atoms with Crippen LogP contribution in [0.1, 0.15) is 22.4 Å². The van der Waals surface area contributed by atoms with Crippen molar-refractivity contribution < 1.29 is 17.6 Å². The van der Waals surface area contributed by atoms with E-state index in [4.69, 9.17) is 0 Å². The first-order valence-corrected chi connectivity index (χ1v) is 7.15. The van der Waals surface area contributed by atoms with Gasteiger partial charge in [0.15, 0.2) is 5.82 Å². The number of rotatable bonds is 3. The lowest BCUT2D eigenvalue weighted by atomic mass is 10.0. The number of aromatic nitrogens is 3. The van der Waals surface area contributed by atoms with E-state index in [-0.39, 0.29) is 12.0 Å². The third-order valence-electron chi connectivity index (χ3n) is 3.46. The molecular weight excluding hydrogens is 322 g/mol. The zero-order valence-electron chi connectivity index (χ0n) is 12.7. The number of aryl methyl sites for hydroxylation is 1. The minimum absolute atomic E-state index is 0.163. The van der Waals surface area contributed by atoms with E-state index in [0.717, 1.165) is 17.8 Å². The minimum atomic E-state index is -4.58. The van der Waals surface area contributed by atoms with E-state index in [2.05, 4.69) is 10.1 Å². The Balaban J connectivity index is 1.90. The van der Waals surface area contributed by atoms with Crippen molar-refractivity contribution in [2.45, 2.75) is 19.5 Å². The van der Waals surface area contributed by atoms with Gasteiger partial charge in [-0.2, -0.15) is 18.3 Å². The number of pyridine rings is 1. The molecule has 0 spiro atoms. The molecule has 0 fully saturated rings. The van der Waals surface area contributed by atoms with E-state index in [9.17, 15) is 17.6 Å². The Labute approximate surface area is 135 Å². The van der Waals surface area contributed by atoms with E-state index in [1.54, 1.807) is 29.2 Å². The number of halogens is 4. The molecule has 2 aromatic heterocycles. The summed E-state index contributed by atoms with van der Waals surface area (Å²) in [6, 6.07) is 7.77. The molecule has 124 valence electrons. The summed E-state index contributed by atoms with van der Waals surface area (Å²) in [6.45, 7) is 1.84. The van der Waals surface area contributed by atoms with Crippen LogP contribution in [-0.4, -0.2) is 14.8 Å². The first-order valence-electron chi connectivity index (χ1n) is 7.15. The molecule has 0 N–H and O–H groups in total. The predicted octanol–water partition coefficient (Wildman–Crippen LogP) is 4.32. The summed E-state index contributed by atoms with van der Waals surface area (Å²) in [4.78, 5) is 4.19. The van der Waals surface area contributed by atoms with Crippen molar-refractivity contribution in [3.63, 3.8) is 0 Å². The van der Waals surface area contributed by atoms with Crippen LogP contribution in [0.15, 0.2) is 48.8 Å². The smallest absolute Gasteiger partial charge is 0.237 e. The van der Waals surface area contributed by atoms with Crippen molar-refractivity contribution in [2.24, 2.45) is 0 Å². The Bertz CT molecular complexity index is 868. The van der Waals surface area contributed by atoms with E-state index >= 15 is 0 Å². The van der Waals surface area contributed by atoms with Crippen LogP contribution in [0.5, 0.6) is 0 Å². The van der Waals surface area contributed by atoms with Crippen molar-refractivity contribution in [2.75, 3.05) is 0 Å². The summed E-state index contributed by atoms with van der Waals surface area (Å²) >= 11 is 0. The first kappa shape index (κ1) is 16.2. The molecule has 3 rings (SSSR count). The fourth-order valence-electron chi connectivity index (χ4n) is 2.39. The fourth-order valence-corrected chi connectivity index (χ4v) is 2.39. The molecule has 3 aromatic rings. The minimum Gasteiger partial charge on any atom is -0.237 e. The standard InChI is InChI=1S/C17H13F4N3/c1-11-3-5-24(23-11)16-9-12(2-4-22-16)6-13-7-14(17(19,20)21)10-15(18)8-13/h2-5,7-10H,6H2,1H3. The van der Waals surface area contributed by atoms with Gasteiger partial charge in [-0.3, -0.25) is 0 Å². The maximum Gasteiger partial charge on any atom is 0.416 e. The molecule has 0 aliphatic rings. The second-order valence-corrected chi connectivity index (χ2v) is 5.45. The second-order valence-electron chi connectivity index (χ2n) is 5.45. The Morgan fingerprint density at radius 2 is 1.83 bits per heavy atom. The molecule has 0 bridgehead atoms. The van der Waals surface area contributed by atoms with Gasteiger partial charge in [-0.15, -0.1) is 0 Å². The van der Waals surface area contributed by atoms with Gasteiger partial charge in [-0.1, -0.05) is 0 Å². The van der Waals surface area contributed by atoms with Gasteiger partial charge in [0.2, 0.25) is 0 Å². The van der Waals surface area contributed by atoms with Crippen LogP contribution in [0, 0.1) is 12.7 Å². The molecule has 0 saturated carbocycles. The number of benzene rings is 1. The lowest BCUT2D eigenvalue weighted by molar-refractivity contribution is -0.137. The van der Waals surface area contributed by atoms with E-state index in [0.29, 0.717) is 17.4 Å². The average molecular weight is 335 g/mol. The third kappa shape index (κ3) is 3.61. The summed E-state index contributed by atoms with van der Waals surface area (Å²) in [6.07, 6.45) is -1.12. The summed E-state index contributed by atoms with van der Waals surface area (Å²) < 4.78 is 53.4. The van der Waals surface area contributed by atoms with Crippen LogP contribution < -0.4 is 0 Å². The van der Waals surface area contributed by atoms with Crippen molar-refractivity contribution in [1.29, 1.82) is 0 Å². The number of hydrogen-bond donors (Lipinski definition) is 0. The molecule has 0 atom stereocenters. The average Bonchev–Trinajstić information content (AvgIpc) is 2.93. The lowest BCUT2D eigenvalue weighted by Gasteiger charge is -2.10. The number of nitrogens with zero attached hydrogens (tertiary/aromatic N) is 3. The van der Waals surface area contributed by atoms with Gasteiger partial charge in [-0.25, -0.2) is 14.1 Å². The molecule has 1 aromatic carbocycles. The monoisotopic (exact) mass is 335 g/mol.